The van der Waals surface area contributed by atoms with E-state index in [9.17, 15) is 4.79 Å². The van der Waals surface area contributed by atoms with E-state index >= 15 is 0 Å². The van der Waals surface area contributed by atoms with Gasteiger partial charge in [0, 0.05) is 7.05 Å². The molecule has 0 saturated heterocycles. The van der Waals surface area contributed by atoms with Crippen LogP contribution in [0.2, 0.25) is 0 Å². The molecule has 0 aliphatic carbocycles. The zero-order chi connectivity index (χ0) is 19.0. The van der Waals surface area contributed by atoms with Crippen LogP contribution in [0.3, 0.4) is 0 Å². The number of aromatic amines is 1. The highest BCUT2D eigenvalue weighted by Crippen LogP contribution is 2.25. The molecule has 4 rings (SSSR count). The molecule has 0 spiro atoms. The Morgan fingerprint density at radius 2 is 2.04 bits per heavy atom. The molecule has 0 bridgehead atoms. The molecule has 138 valence electrons. The summed E-state index contributed by atoms with van der Waals surface area (Å²) in [5, 5.41) is 9.60. The van der Waals surface area contributed by atoms with Gasteiger partial charge in [-0.25, -0.2) is 4.98 Å². The number of fused-ring (bicyclic) bond motifs is 1. The van der Waals surface area contributed by atoms with E-state index in [0.29, 0.717) is 5.69 Å². The normalized spacial score (nSPS) is 12.6. The largest absolute Gasteiger partial charge is 0.341 e. The number of aromatic nitrogens is 4. The second-order valence-electron chi connectivity index (χ2n) is 6.85. The third kappa shape index (κ3) is 3.38. The van der Waals surface area contributed by atoms with Crippen molar-refractivity contribution in [3.63, 3.8) is 0 Å². The van der Waals surface area contributed by atoms with E-state index in [1.807, 2.05) is 47.8 Å². The average molecular weight is 379 g/mol. The van der Waals surface area contributed by atoms with Crippen molar-refractivity contribution in [2.24, 2.45) is 13.0 Å². The summed E-state index contributed by atoms with van der Waals surface area (Å²) in [6, 6.07) is 13.5. The molecule has 7 heteroatoms. The predicted octanol–water partition coefficient (Wildman–Crippen LogP) is 4.15. The summed E-state index contributed by atoms with van der Waals surface area (Å²) in [4.78, 5) is 22.0. The number of amides is 1. The van der Waals surface area contributed by atoms with E-state index in [-0.39, 0.29) is 17.9 Å². The van der Waals surface area contributed by atoms with Gasteiger partial charge >= 0.3 is 0 Å². The highest BCUT2D eigenvalue weighted by molar-refractivity contribution is 7.13. The number of aryl methyl sites for hydroxylation is 1. The first-order valence-electron chi connectivity index (χ1n) is 8.86. The minimum atomic E-state index is -0.218. The summed E-state index contributed by atoms with van der Waals surface area (Å²) < 4.78 is 1.63. The lowest BCUT2D eigenvalue weighted by Crippen LogP contribution is -2.33. The monoisotopic (exact) mass is 379 g/mol. The number of carbonyl (C=O) groups is 1. The van der Waals surface area contributed by atoms with E-state index < -0.39 is 0 Å². The van der Waals surface area contributed by atoms with Crippen molar-refractivity contribution in [3.8, 4) is 10.6 Å². The van der Waals surface area contributed by atoms with Crippen molar-refractivity contribution in [2.75, 3.05) is 0 Å². The molecule has 0 saturated carbocycles. The van der Waals surface area contributed by atoms with Gasteiger partial charge in [-0.05, 0) is 35.6 Å². The van der Waals surface area contributed by atoms with Crippen molar-refractivity contribution in [1.82, 2.24) is 25.1 Å². The van der Waals surface area contributed by atoms with Crippen LogP contribution in [0.25, 0.3) is 21.6 Å². The number of rotatable bonds is 5. The summed E-state index contributed by atoms with van der Waals surface area (Å²) >= 11 is 1.61. The lowest BCUT2D eigenvalue weighted by atomic mass is 10.0. The summed E-state index contributed by atoms with van der Waals surface area (Å²) in [6.07, 6.45) is 0. The van der Waals surface area contributed by atoms with Gasteiger partial charge in [-0.3, -0.25) is 9.48 Å². The maximum Gasteiger partial charge on any atom is 0.270 e. The Labute approximate surface area is 161 Å². The average Bonchev–Trinajstić information content (AvgIpc) is 3.37. The molecule has 1 aromatic carbocycles. The lowest BCUT2D eigenvalue weighted by Gasteiger charge is -2.20. The SMILES string of the molecule is CC(C)C(NC(=O)c1cc(-c2cccs2)nn1C)c1nc2ccccc2[nH]1. The molecule has 1 unspecified atom stereocenters. The number of hydrogen-bond acceptors (Lipinski definition) is 4. The zero-order valence-electron chi connectivity index (χ0n) is 15.4. The van der Waals surface area contributed by atoms with E-state index in [4.69, 9.17) is 0 Å². The topological polar surface area (TPSA) is 75.6 Å². The molecule has 0 aliphatic rings. The number of carbonyl (C=O) groups excluding carboxylic acids is 1. The third-order valence-electron chi connectivity index (χ3n) is 4.54. The first-order chi connectivity index (χ1) is 13.0. The van der Waals surface area contributed by atoms with Crippen molar-refractivity contribution in [1.29, 1.82) is 0 Å². The Morgan fingerprint density at radius 3 is 2.74 bits per heavy atom. The maximum absolute atomic E-state index is 12.9. The van der Waals surface area contributed by atoms with Gasteiger partial charge in [0.05, 0.1) is 22.0 Å². The Kier molecular flexibility index (Phi) is 4.53. The van der Waals surface area contributed by atoms with Crippen molar-refractivity contribution in [2.45, 2.75) is 19.9 Å². The molecule has 0 fully saturated rings. The molecule has 1 amide bonds. The van der Waals surface area contributed by atoms with Gasteiger partial charge in [0.15, 0.2) is 0 Å². The van der Waals surface area contributed by atoms with E-state index in [0.717, 1.165) is 27.4 Å². The smallest absolute Gasteiger partial charge is 0.270 e. The van der Waals surface area contributed by atoms with Gasteiger partial charge in [-0.1, -0.05) is 32.0 Å². The van der Waals surface area contributed by atoms with Gasteiger partial charge in [0.25, 0.3) is 5.91 Å². The second kappa shape index (κ2) is 7.00. The van der Waals surface area contributed by atoms with Crippen LogP contribution in [-0.4, -0.2) is 25.7 Å². The molecule has 1 atom stereocenters. The van der Waals surface area contributed by atoms with Crippen LogP contribution >= 0.6 is 11.3 Å². The van der Waals surface area contributed by atoms with Crippen molar-refractivity contribution >= 4 is 28.3 Å². The summed E-state index contributed by atoms with van der Waals surface area (Å²) in [5.41, 5.74) is 3.20. The molecular formula is C20H21N5OS. The quantitative estimate of drug-likeness (QED) is 0.547. The van der Waals surface area contributed by atoms with Crippen LogP contribution in [0.15, 0.2) is 47.8 Å². The molecular weight excluding hydrogens is 358 g/mol. The summed E-state index contributed by atoms with van der Waals surface area (Å²) in [5.74, 6) is 0.784. The van der Waals surface area contributed by atoms with Crippen molar-refractivity contribution < 1.29 is 4.79 Å². The van der Waals surface area contributed by atoms with Crippen LogP contribution < -0.4 is 5.32 Å². The van der Waals surface area contributed by atoms with Gasteiger partial charge in [0.1, 0.15) is 17.2 Å². The van der Waals surface area contributed by atoms with Gasteiger partial charge < -0.3 is 10.3 Å². The fourth-order valence-corrected chi connectivity index (χ4v) is 3.79. The van der Waals surface area contributed by atoms with Crippen LogP contribution in [0, 0.1) is 5.92 Å². The first kappa shape index (κ1) is 17.5. The minimum Gasteiger partial charge on any atom is -0.341 e. The Morgan fingerprint density at radius 1 is 1.22 bits per heavy atom. The Bertz CT molecular complexity index is 1040. The third-order valence-corrected chi connectivity index (χ3v) is 5.43. The molecule has 6 nitrogen and oxygen atoms in total. The molecule has 0 aliphatic heterocycles. The first-order valence-corrected chi connectivity index (χ1v) is 9.74. The van der Waals surface area contributed by atoms with E-state index in [1.165, 1.54) is 0 Å². The van der Waals surface area contributed by atoms with Gasteiger partial charge in [0.2, 0.25) is 0 Å². The van der Waals surface area contributed by atoms with Gasteiger partial charge in [-0.15, -0.1) is 11.3 Å². The van der Waals surface area contributed by atoms with Crippen LogP contribution in [0.1, 0.15) is 36.2 Å². The highest BCUT2D eigenvalue weighted by atomic mass is 32.1. The number of nitrogens with one attached hydrogen (secondary N) is 2. The number of para-hydroxylation sites is 2. The standard InChI is InChI=1S/C20H21N5OS/c1-12(2)18(19-21-13-7-4-5-8-14(13)22-19)23-20(26)16-11-15(24-25(16)3)17-9-6-10-27-17/h4-12,18H,1-3H3,(H,21,22)(H,23,26). The van der Waals surface area contributed by atoms with E-state index in [2.05, 4.69) is 34.2 Å². The Hall–Kier alpha value is -2.93. The molecule has 4 aromatic rings. The minimum absolute atomic E-state index is 0.160. The number of benzene rings is 1. The predicted molar refractivity (Wildman–Crippen MR) is 108 cm³/mol. The number of nitrogens with zero attached hydrogens (tertiary/aromatic N) is 3. The van der Waals surface area contributed by atoms with E-state index in [1.54, 1.807) is 23.1 Å². The number of thiophene rings is 1. The highest BCUT2D eigenvalue weighted by Gasteiger charge is 2.24. The fraction of sp³-hybridized carbons (Fsp3) is 0.250. The Balaban J connectivity index is 1.61. The maximum atomic E-state index is 12.9. The molecule has 0 radical (unpaired) electrons. The molecule has 27 heavy (non-hydrogen) atoms. The molecule has 3 heterocycles. The fourth-order valence-electron chi connectivity index (χ4n) is 3.11. The number of hydrogen-bond donors (Lipinski definition) is 2. The van der Waals surface area contributed by atoms with Crippen molar-refractivity contribution in [3.05, 3.63) is 59.4 Å². The van der Waals surface area contributed by atoms with Crippen LogP contribution in [-0.2, 0) is 7.05 Å². The molecule has 3 aromatic heterocycles. The van der Waals surface area contributed by atoms with Crippen LogP contribution in [0.5, 0.6) is 0 Å². The van der Waals surface area contributed by atoms with Gasteiger partial charge in [-0.2, -0.15) is 5.10 Å². The zero-order valence-corrected chi connectivity index (χ0v) is 16.2. The number of imidazole rings is 1. The number of H-pyrrole nitrogens is 1. The summed E-state index contributed by atoms with van der Waals surface area (Å²) in [6.45, 7) is 4.14. The molecule has 2 N–H and O–H groups in total. The second-order valence-corrected chi connectivity index (χ2v) is 7.80. The lowest BCUT2D eigenvalue weighted by molar-refractivity contribution is 0.0913. The summed E-state index contributed by atoms with van der Waals surface area (Å²) in [7, 11) is 1.79. The van der Waals surface area contributed by atoms with Crippen LogP contribution in [0.4, 0.5) is 0 Å².